The Morgan fingerprint density at radius 2 is 0.846 bits per heavy atom. The van der Waals surface area contributed by atoms with Gasteiger partial charge in [-0.05, 0) is 14.1 Å². The molecule has 0 aliphatic rings. The van der Waals surface area contributed by atoms with E-state index in [2.05, 4.69) is 0 Å². The van der Waals surface area contributed by atoms with Gasteiger partial charge in [0.25, 0.3) is 0 Å². The van der Waals surface area contributed by atoms with E-state index in [-0.39, 0.29) is 32.7 Å². The number of amides is 4. The molecule has 0 N–H and O–H groups in total. The van der Waals surface area contributed by atoms with E-state index < -0.39 is 0 Å². The molecule has 0 saturated heterocycles. The average Bonchev–Trinajstić information content (AvgIpc) is 2.16. The predicted molar refractivity (Wildman–Crippen MR) is 38.3 cm³/mol. The summed E-state index contributed by atoms with van der Waals surface area (Å²) in [6.45, 7) is 0. The SMILES string of the molecule is CN([C-]=O)[C-]=O.CN([C-]=O)[C-]=O.[Y]. The van der Waals surface area contributed by atoms with Gasteiger partial charge in [-0.3, -0.25) is 0 Å². The van der Waals surface area contributed by atoms with Crippen LogP contribution < -0.4 is 0 Å². The van der Waals surface area contributed by atoms with Gasteiger partial charge in [-0.15, -0.1) is 0 Å². The van der Waals surface area contributed by atoms with E-state index in [4.69, 9.17) is 0 Å². The first-order chi connectivity index (χ1) is 5.62. The van der Waals surface area contributed by atoms with Crippen molar-refractivity contribution in [1.29, 1.82) is 0 Å². The van der Waals surface area contributed by atoms with E-state index in [0.717, 1.165) is 0 Å². The summed E-state index contributed by atoms with van der Waals surface area (Å²) < 4.78 is 0. The molecule has 0 heterocycles. The molecule has 71 valence electrons. The summed E-state index contributed by atoms with van der Waals surface area (Å²) in [5, 5.41) is 0. The molecule has 13 heavy (non-hydrogen) atoms. The molecule has 0 fully saturated rings. The van der Waals surface area contributed by atoms with Gasteiger partial charge in [-0.2, -0.15) is 25.6 Å². The van der Waals surface area contributed by atoms with Gasteiger partial charge in [-0.25, -0.2) is 0 Å². The van der Waals surface area contributed by atoms with Crippen LogP contribution in [0.4, 0.5) is 0 Å². The summed E-state index contributed by atoms with van der Waals surface area (Å²) in [6, 6.07) is 0. The molecule has 0 aliphatic heterocycles. The molecular weight excluding hydrogens is 253 g/mol. The fourth-order valence-corrected chi connectivity index (χ4v) is 0.0373. The third-order valence-corrected chi connectivity index (χ3v) is 0.548. The third kappa shape index (κ3) is 18.4. The van der Waals surface area contributed by atoms with Crippen molar-refractivity contribution in [3.05, 3.63) is 0 Å². The van der Waals surface area contributed by atoms with Crippen LogP contribution in [0.5, 0.6) is 0 Å². The molecule has 0 unspecified atom stereocenters. The topological polar surface area (TPSA) is 74.8 Å². The number of imide groups is 2. The molecule has 0 aromatic heterocycles. The van der Waals surface area contributed by atoms with E-state index in [1.807, 2.05) is 0 Å². The zero-order valence-electron chi connectivity index (χ0n) is 7.10. The Balaban J connectivity index is -0.000000143. The normalized spacial score (nSPS) is 6.31. The summed E-state index contributed by atoms with van der Waals surface area (Å²) in [5.41, 5.74) is 0. The molecule has 0 saturated carbocycles. The van der Waals surface area contributed by atoms with Crippen LogP contribution in [-0.4, -0.2) is 49.5 Å². The molecule has 0 aromatic rings. The van der Waals surface area contributed by atoms with Crippen molar-refractivity contribution in [2.45, 2.75) is 0 Å². The molecule has 0 aromatic carbocycles. The average molecular weight is 259 g/mol. The molecular formula is C6H6N2O4Y-4. The molecule has 0 aliphatic carbocycles. The van der Waals surface area contributed by atoms with Gasteiger partial charge in [0.15, 0.2) is 0 Å². The first kappa shape index (κ1) is 18.2. The Labute approximate surface area is 101 Å². The van der Waals surface area contributed by atoms with Crippen LogP contribution in [0.1, 0.15) is 0 Å². The van der Waals surface area contributed by atoms with E-state index in [1.54, 1.807) is 0 Å². The Morgan fingerprint density at radius 1 is 0.692 bits per heavy atom. The predicted octanol–water partition coefficient (Wildman–Crippen LogP) is -1.90. The van der Waals surface area contributed by atoms with Crippen LogP contribution in [0.2, 0.25) is 0 Å². The van der Waals surface area contributed by atoms with E-state index in [0.29, 0.717) is 9.80 Å². The van der Waals surface area contributed by atoms with Gasteiger partial charge in [0.05, 0.1) is 0 Å². The van der Waals surface area contributed by atoms with Crippen molar-refractivity contribution >= 4 is 25.6 Å². The molecule has 0 spiro atoms. The van der Waals surface area contributed by atoms with E-state index in [1.165, 1.54) is 39.7 Å². The van der Waals surface area contributed by atoms with Crippen molar-refractivity contribution in [2.24, 2.45) is 0 Å². The minimum Gasteiger partial charge on any atom is -0.639 e. The third-order valence-electron chi connectivity index (χ3n) is 0.548. The van der Waals surface area contributed by atoms with Gasteiger partial charge in [0, 0.05) is 32.7 Å². The maximum Gasteiger partial charge on any atom is 0 e. The van der Waals surface area contributed by atoms with Crippen LogP contribution in [0.3, 0.4) is 0 Å². The number of nitrogens with zero attached hydrogens (tertiary/aromatic N) is 2. The van der Waals surface area contributed by atoms with Crippen molar-refractivity contribution in [2.75, 3.05) is 14.1 Å². The fraction of sp³-hybridized carbons (Fsp3) is 0.333. The van der Waals surface area contributed by atoms with Crippen molar-refractivity contribution < 1.29 is 51.9 Å². The Kier molecular flexibility index (Phi) is 19.5. The van der Waals surface area contributed by atoms with E-state index >= 15 is 0 Å². The van der Waals surface area contributed by atoms with Gasteiger partial charge in [-0.1, -0.05) is 0 Å². The van der Waals surface area contributed by atoms with Crippen LogP contribution in [-0.2, 0) is 51.9 Å². The van der Waals surface area contributed by atoms with Crippen LogP contribution in [0.15, 0.2) is 0 Å². The van der Waals surface area contributed by atoms with Gasteiger partial charge >= 0.3 is 0 Å². The first-order valence-electron chi connectivity index (χ1n) is 2.61. The fourth-order valence-electron chi connectivity index (χ4n) is 0.0373. The molecule has 0 atom stereocenters. The maximum absolute atomic E-state index is 9.27. The smallest absolute Gasteiger partial charge is 0 e. The zero-order valence-corrected chi connectivity index (χ0v) is 9.94. The first-order valence-corrected chi connectivity index (χ1v) is 2.61. The maximum atomic E-state index is 9.27. The van der Waals surface area contributed by atoms with Crippen LogP contribution >= 0.6 is 0 Å². The number of hydrogen-bond acceptors (Lipinski definition) is 4. The second-order valence-corrected chi connectivity index (χ2v) is 1.48. The summed E-state index contributed by atoms with van der Waals surface area (Å²) in [7, 11) is 2.53. The quantitative estimate of drug-likeness (QED) is 0.436. The monoisotopic (exact) mass is 259 g/mol. The second-order valence-electron chi connectivity index (χ2n) is 1.48. The largest absolute Gasteiger partial charge is 0.639 e. The van der Waals surface area contributed by atoms with Gasteiger partial charge in [0.1, 0.15) is 0 Å². The molecule has 4 amide bonds. The van der Waals surface area contributed by atoms with Gasteiger partial charge < -0.3 is 29.0 Å². The molecule has 0 bridgehead atoms. The zero-order chi connectivity index (χ0) is 9.98. The van der Waals surface area contributed by atoms with Crippen LogP contribution in [0.25, 0.3) is 0 Å². The number of hydrogen-bond donors (Lipinski definition) is 0. The number of rotatable bonds is 4. The summed E-state index contributed by atoms with van der Waals surface area (Å²) >= 11 is 0. The Hall–Kier alpha value is -0.616. The molecule has 6 nitrogen and oxygen atoms in total. The standard InChI is InChI=1S/2C3H3NO2.Y/c2*1-4(2-5)3-6;/h2*1H3;/q2*-2;. The minimum atomic E-state index is 0. The molecule has 7 heteroatoms. The van der Waals surface area contributed by atoms with Crippen LogP contribution in [0, 0.1) is 0 Å². The summed E-state index contributed by atoms with van der Waals surface area (Å²) in [5.74, 6) is 0. The van der Waals surface area contributed by atoms with Gasteiger partial charge in [0.2, 0.25) is 0 Å². The Morgan fingerprint density at radius 3 is 0.846 bits per heavy atom. The van der Waals surface area contributed by atoms with E-state index in [9.17, 15) is 19.2 Å². The van der Waals surface area contributed by atoms with Crippen molar-refractivity contribution in [1.82, 2.24) is 9.80 Å². The van der Waals surface area contributed by atoms with Crippen molar-refractivity contribution in [3.8, 4) is 0 Å². The summed E-state index contributed by atoms with van der Waals surface area (Å²) in [6.07, 6.45) is 5.10. The summed E-state index contributed by atoms with van der Waals surface area (Å²) in [4.78, 5) is 38.4. The number of carbonyl (C=O) groups excluding carboxylic acids is 4. The second kappa shape index (κ2) is 13.9. The minimum absolute atomic E-state index is 0. The van der Waals surface area contributed by atoms with Crippen molar-refractivity contribution in [3.63, 3.8) is 0 Å². The molecule has 0 rings (SSSR count). The molecule has 1 radical (unpaired) electrons. The Bertz CT molecular complexity index is 131.